The highest BCUT2D eigenvalue weighted by molar-refractivity contribution is 7.92. The first kappa shape index (κ1) is 32.6. The van der Waals surface area contributed by atoms with Gasteiger partial charge in [-0.05, 0) is 76.6 Å². The number of sulfonamides is 1. The van der Waals surface area contributed by atoms with E-state index in [-0.39, 0.29) is 22.8 Å². The summed E-state index contributed by atoms with van der Waals surface area (Å²) in [7, 11) is -2.20. The second-order valence-electron chi connectivity index (χ2n) is 12.8. The Balaban J connectivity index is 1.61. The summed E-state index contributed by atoms with van der Waals surface area (Å²) in [4.78, 5) is 13.9. The van der Waals surface area contributed by atoms with Crippen LogP contribution in [0.1, 0.15) is 78.8 Å². The number of carbonyl (C=O) groups excluding carboxylic acids is 1. The average molecular weight is 642 g/mol. The molecule has 1 aliphatic heterocycles. The molecular formula is C34H39N7O4S. The number of carbonyl (C=O) groups is 1. The van der Waals surface area contributed by atoms with Crippen molar-refractivity contribution in [1.29, 1.82) is 0 Å². The maximum absolute atomic E-state index is 13.9. The van der Waals surface area contributed by atoms with Crippen LogP contribution in [0.15, 0.2) is 82.3 Å². The molecule has 5 rings (SSSR count). The summed E-state index contributed by atoms with van der Waals surface area (Å²) >= 11 is 0. The Morgan fingerprint density at radius 1 is 1.00 bits per heavy atom. The van der Waals surface area contributed by atoms with Gasteiger partial charge in [0.1, 0.15) is 0 Å². The number of aryl methyl sites for hydroxylation is 1. The lowest BCUT2D eigenvalue weighted by Gasteiger charge is -2.26. The van der Waals surface area contributed by atoms with Crippen LogP contribution in [-0.4, -0.2) is 43.7 Å². The van der Waals surface area contributed by atoms with Gasteiger partial charge >= 0.3 is 0 Å². The first-order valence-electron chi connectivity index (χ1n) is 14.9. The Morgan fingerprint density at radius 3 is 2.28 bits per heavy atom. The zero-order valence-electron chi connectivity index (χ0n) is 27.3. The van der Waals surface area contributed by atoms with Crippen LogP contribution in [0.25, 0.3) is 5.69 Å². The van der Waals surface area contributed by atoms with E-state index in [2.05, 4.69) is 39.3 Å². The topological polar surface area (TPSA) is 139 Å². The minimum atomic E-state index is -3.63. The quantitative estimate of drug-likeness (QED) is 0.204. The van der Waals surface area contributed by atoms with Crippen molar-refractivity contribution in [3.63, 3.8) is 0 Å². The molecule has 1 amide bonds. The number of benzene rings is 3. The van der Waals surface area contributed by atoms with E-state index < -0.39 is 21.5 Å². The molecule has 240 valence electrons. The fourth-order valence-corrected chi connectivity index (χ4v) is 6.18. The van der Waals surface area contributed by atoms with E-state index in [1.165, 1.54) is 7.11 Å². The smallest absolute Gasteiger partial charge is 0.255 e. The zero-order chi connectivity index (χ0) is 33.4. The van der Waals surface area contributed by atoms with E-state index >= 15 is 0 Å². The van der Waals surface area contributed by atoms with Crippen molar-refractivity contribution >= 4 is 33.5 Å². The number of rotatable bonds is 9. The normalized spacial score (nSPS) is 16.2. The summed E-state index contributed by atoms with van der Waals surface area (Å²) in [6.45, 7) is 12.1. The third-order valence-electron chi connectivity index (χ3n) is 7.88. The highest BCUT2D eigenvalue weighted by atomic mass is 32.2. The maximum Gasteiger partial charge on any atom is 0.255 e. The summed E-state index contributed by atoms with van der Waals surface area (Å²) in [6.07, 6.45) is 4.55. The minimum Gasteiger partial charge on any atom is -0.492 e. The lowest BCUT2D eigenvalue weighted by atomic mass is 9.80. The van der Waals surface area contributed by atoms with Gasteiger partial charge in [0.15, 0.2) is 11.3 Å². The molecular weight excluding hydrogens is 602 g/mol. The molecule has 1 aliphatic rings. The zero-order valence-corrected chi connectivity index (χ0v) is 28.1. The van der Waals surface area contributed by atoms with E-state index in [1.54, 1.807) is 36.7 Å². The molecule has 46 heavy (non-hydrogen) atoms. The molecule has 1 unspecified atom stereocenters. The SMILES string of the molecule is COc1c(NC(=O)c2ccc(C)c(C3(c4cnn(-c5ccccc5)c4C(C)C)C=NN=N3)c2)cc(C(C)(C)C)cc1NS(C)(=O)=O. The van der Waals surface area contributed by atoms with Crippen LogP contribution in [0.5, 0.6) is 5.75 Å². The lowest BCUT2D eigenvalue weighted by Crippen LogP contribution is -2.28. The van der Waals surface area contributed by atoms with Crippen molar-refractivity contribution in [2.45, 2.75) is 58.4 Å². The molecule has 0 aliphatic carbocycles. The number of hydrogen-bond donors (Lipinski definition) is 2. The number of ether oxygens (including phenoxy) is 1. The Morgan fingerprint density at radius 2 is 1.70 bits per heavy atom. The Kier molecular flexibility index (Phi) is 8.61. The second kappa shape index (κ2) is 12.2. The molecule has 0 spiro atoms. The van der Waals surface area contributed by atoms with Gasteiger partial charge in [-0.25, -0.2) is 13.1 Å². The first-order chi connectivity index (χ1) is 21.6. The molecule has 0 saturated carbocycles. The van der Waals surface area contributed by atoms with Gasteiger partial charge in [-0.1, -0.05) is 58.9 Å². The number of hydrogen-bond acceptors (Lipinski definition) is 8. The minimum absolute atomic E-state index is 0.0721. The molecule has 0 radical (unpaired) electrons. The summed E-state index contributed by atoms with van der Waals surface area (Å²) < 4.78 is 34.4. The van der Waals surface area contributed by atoms with Crippen molar-refractivity contribution in [3.05, 3.63) is 100 Å². The summed E-state index contributed by atoms with van der Waals surface area (Å²) in [5, 5.41) is 20.6. The number of nitrogens with zero attached hydrogens (tertiary/aromatic N) is 5. The third kappa shape index (κ3) is 6.30. The molecule has 1 aromatic heterocycles. The number of methoxy groups -OCH3 is 1. The van der Waals surface area contributed by atoms with Gasteiger partial charge in [-0.3, -0.25) is 9.52 Å². The molecule has 3 aromatic carbocycles. The van der Waals surface area contributed by atoms with Crippen molar-refractivity contribution in [2.24, 2.45) is 15.4 Å². The Hall–Kier alpha value is -4.84. The molecule has 4 aromatic rings. The Bertz CT molecular complexity index is 1950. The number of nitrogens with one attached hydrogen (secondary N) is 2. The van der Waals surface area contributed by atoms with Crippen molar-refractivity contribution in [2.75, 3.05) is 23.4 Å². The highest BCUT2D eigenvalue weighted by Crippen LogP contribution is 2.43. The molecule has 12 heteroatoms. The fourth-order valence-electron chi connectivity index (χ4n) is 5.62. The molecule has 2 heterocycles. The average Bonchev–Trinajstić information content (AvgIpc) is 3.65. The third-order valence-corrected chi connectivity index (χ3v) is 8.47. The number of para-hydroxylation sites is 1. The standard InChI is InChI=1S/C34H39N7O4S/c1-21(2)30-27(19-36-41(30)25-12-10-9-11-13-25)34(20-35-40-39-34)26-16-23(15-14-22(26)3)32(42)37-28-17-24(33(4,5)6)18-29(31(28)45-7)38-46(8,43)44/h9-21,38H,1-8H3,(H,37,42). The van der Waals surface area contributed by atoms with Crippen LogP contribution >= 0.6 is 0 Å². The molecule has 2 N–H and O–H groups in total. The van der Waals surface area contributed by atoms with Crippen molar-refractivity contribution in [3.8, 4) is 11.4 Å². The van der Waals surface area contributed by atoms with E-state index in [0.717, 1.165) is 39.9 Å². The summed E-state index contributed by atoms with van der Waals surface area (Å²) in [5.41, 5.74) is 4.56. The van der Waals surface area contributed by atoms with Crippen LogP contribution in [0, 0.1) is 6.92 Å². The lowest BCUT2D eigenvalue weighted by molar-refractivity contribution is 0.102. The monoisotopic (exact) mass is 641 g/mol. The summed E-state index contributed by atoms with van der Waals surface area (Å²) in [5.74, 6) is -0.146. The van der Waals surface area contributed by atoms with Gasteiger partial charge in [0.25, 0.3) is 5.91 Å². The van der Waals surface area contributed by atoms with Gasteiger partial charge in [0.2, 0.25) is 10.0 Å². The predicted octanol–water partition coefficient (Wildman–Crippen LogP) is 6.93. The Labute approximate surface area is 269 Å². The van der Waals surface area contributed by atoms with Gasteiger partial charge in [0, 0.05) is 11.1 Å². The van der Waals surface area contributed by atoms with Gasteiger partial charge in [0.05, 0.1) is 48.5 Å². The van der Waals surface area contributed by atoms with Crippen LogP contribution in [-0.2, 0) is 21.0 Å². The first-order valence-corrected chi connectivity index (χ1v) is 16.8. The van der Waals surface area contributed by atoms with E-state index in [0.29, 0.717) is 11.3 Å². The maximum atomic E-state index is 13.9. The van der Waals surface area contributed by atoms with Crippen LogP contribution in [0.2, 0.25) is 0 Å². The number of aromatic nitrogens is 2. The van der Waals surface area contributed by atoms with E-state index in [1.807, 2.05) is 68.8 Å². The number of amides is 1. The van der Waals surface area contributed by atoms with E-state index in [9.17, 15) is 13.2 Å². The van der Waals surface area contributed by atoms with Crippen molar-refractivity contribution in [1.82, 2.24) is 9.78 Å². The van der Waals surface area contributed by atoms with Gasteiger partial charge < -0.3 is 10.1 Å². The molecule has 0 saturated heterocycles. The van der Waals surface area contributed by atoms with E-state index in [4.69, 9.17) is 9.84 Å². The molecule has 0 fully saturated rings. The molecule has 11 nitrogen and oxygen atoms in total. The summed E-state index contributed by atoms with van der Waals surface area (Å²) in [6, 6.07) is 18.8. The second-order valence-corrected chi connectivity index (χ2v) is 14.5. The largest absolute Gasteiger partial charge is 0.492 e. The van der Waals surface area contributed by atoms with Crippen LogP contribution < -0.4 is 14.8 Å². The van der Waals surface area contributed by atoms with Gasteiger partial charge in [-0.2, -0.15) is 5.10 Å². The number of anilines is 2. The fraction of sp³-hybridized carbons (Fsp3) is 0.324. The highest BCUT2D eigenvalue weighted by Gasteiger charge is 2.42. The molecule has 0 bridgehead atoms. The van der Waals surface area contributed by atoms with Crippen molar-refractivity contribution < 1.29 is 17.9 Å². The van der Waals surface area contributed by atoms with Gasteiger partial charge in [-0.15, -0.1) is 10.2 Å². The predicted molar refractivity (Wildman–Crippen MR) is 181 cm³/mol. The molecule has 1 atom stereocenters. The van der Waals surface area contributed by atoms with Crippen LogP contribution in [0.3, 0.4) is 0 Å². The van der Waals surface area contributed by atoms with Crippen LogP contribution in [0.4, 0.5) is 11.4 Å².